The molecule has 1 unspecified atom stereocenters. The number of nitrogens with zero attached hydrogens (tertiary/aromatic N) is 2. The van der Waals surface area contributed by atoms with Gasteiger partial charge in [0.1, 0.15) is 0 Å². The van der Waals surface area contributed by atoms with E-state index in [0.717, 1.165) is 18.0 Å². The van der Waals surface area contributed by atoms with Gasteiger partial charge in [0.2, 0.25) is 0 Å². The van der Waals surface area contributed by atoms with E-state index in [1.54, 1.807) is 0 Å². The first-order chi connectivity index (χ1) is 10.2. The zero-order valence-electron chi connectivity index (χ0n) is 13.1. The summed E-state index contributed by atoms with van der Waals surface area (Å²) in [6.07, 6.45) is 5.75. The molecule has 0 amide bonds. The SMILES string of the molecule is CC(C)CCN1CCCC(Nc2ccc3[nH]ncc3c2)C1. The number of likely N-dealkylation sites (tertiary alicyclic amines) is 1. The van der Waals surface area contributed by atoms with Crippen LogP contribution in [-0.4, -0.2) is 40.8 Å². The van der Waals surface area contributed by atoms with Gasteiger partial charge in [0.25, 0.3) is 0 Å². The molecule has 1 saturated heterocycles. The summed E-state index contributed by atoms with van der Waals surface area (Å²) in [5.74, 6) is 0.793. The molecule has 1 aromatic heterocycles. The molecule has 2 aromatic rings. The molecule has 1 fully saturated rings. The predicted molar refractivity (Wildman–Crippen MR) is 88.6 cm³/mol. The number of aromatic nitrogens is 2. The van der Waals surface area contributed by atoms with E-state index in [2.05, 4.69) is 52.5 Å². The van der Waals surface area contributed by atoms with Gasteiger partial charge in [-0.3, -0.25) is 5.10 Å². The maximum atomic E-state index is 4.08. The molecule has 0 radical (unpaired) electrons. The highest BCUT2D eigenvalue weighted by Gasteiger charge is 2.19. The maximum absolute atomic E-state index is 4.08. The summed E-state index contributed by atoms with van der Waals surface area (Å²) in [5.41, 5.74) is 2.31. The van der Waals surface area contributed by atoms with E-state index >= 15 is 0 Å². The van der Waals surface area contributed by atoms with E-state index in [4.69, 9.17) is 0 Å². The van der Waals surface area contributed by atoms with Crippen molar-refractivity contribution in [2.24, 2.45) is 5.92 Å². The summed E-state index contributed by atoms with van der Waals surface area (Å²) < 4.78 is 0. The Kier molecular flexibility index (Phi) is 4.44. The highest BCUT2D eigenvalue weighted by atomic mass is 15.2. The van der Waals surface area contributed by atoms with E-state index in [-0.39, 0.29) is 0 Å². The normalized spacial score (nSPS) is 20.2. The van der Waals surface area contributed by atoms with E-state index in [1.165, 1.54) is 43.4 Å². The minimum absolute atomic E-state index is 0.565. The molecule has 2 heterocycles. The third-order valence-electron chi connectivity index (χ3n) is 4.34. The summed E-state index contributed by atoms with van der Waals surface area (Å²) in [6, 6.07) is 7.00. The van der Waals surface area contributed by atoms with Crippen LogP contribution in [0, 0.1) is 5.92 Å². The number of anilines is 1. The molecule has 4 nitrogen and oxygen atoms in total. The zero-order chi connectivity index (χ0) is 14.7. The van der Waals surface area contributed by atoms with Gasteiger partial charge in [0.15, 0.2) is 0 Å². The quantitative estimate of drug-likeness (QED) is 0.884. The number of nitrogens with one attached hydrogen (secondary N) is 2. The summed E-state index contributed by atoms with van der Waals surface area (Å²) in [5, 5.41) is 12.0. The van der Waals surface area contributed by atoms with E-state index in [9.17, 15) is 0 Å². The standard InChI is InChI=1S/C17H26N4/c1-13(2)7-9-21-8-3-4-16(12-21)19-15-5-6-17-14(10-15)11-18-20-17/h5-6,10-11,13,16,19H,3-4,7-9,12H2,1-2H3,(H,18,20). The van der Waals surface area contributed by atoms with Crippen LogP contribution in [0.4, 0.5) is 5.69 Å². The van der Waals surface area contributed by atoms with Crippen molar-refractivity contribution in [2.75, 3.05) is 25.0 Å². The van der Waals surface area contributed by atoms with Gasteiger partial charge in [-0.05, 0) is 56.5 Å². The lowest BCUT2D eigenvalue weighted by Gasteiger charge is -2.34. The molecule has 1 aliphatic heterocycles. The number of piperidine rings is 1. The zero-order valence-corrected chi connectivity index (χ0v) is 13.1. The van der Waals surface area contributed by atoms with Crippen molar-refractivity contribution in [2.45, 2.75) is 39.2 Å². The molecule has 1 aromatic carbocycles. The Balaban J connectivity index is 1.58. The molecule has 1 aliphatic rings. The van der Waals surface area contributed by atoms with Crippen LogP contribution in [-0.2, 0) is 0 Å². The summed E-state index contributed by atoms with van der Waals surface area (Å²) in [6.45, 7) is 8.26. The van der Waals surface area contributed by atoms with Gasteiger partial charge in [0, 0.05) is 23.7 Å². The summed E-state index contributed by atoms with van der Waals surface area (Å²) in [7, 11) is 0. The van der Waals surface area contributed by atoms with Gasteiger partial charge in [-0.25, -0.2) is 0 Å². The fraction of sp³-hybridized carbons (Fsp3) is 0.588. The minimum atomic E-state index is 0.565. The van der Waals surface area contributed by atoms with Crippen LogP contribution in [0.25, 0.3) is 10.9 Å². The lowest BCUT2D eigenvalue weighted by Crippen LogP contribution is -2.42. The number of aromatic amines is 1. The molecule has 2 N–H and O–H groups in total. The number of hydrogen-bond acceptors (Lipinski definition) is 3. The molecule has 0 bridgehead atoms. The second-order valence-corrected chi connectivity index (χ2v) is 6.64. The van der Waals surface area contributed by atoms with Gasteiger partial charge in [-0.15, -0.1) is 0 Å². The number of benzene rings is 1. The number of H-pyrrole nitrogens is 1. The molecule has 0 spiro atoms. The van der Waals surface area contributed by atoms with Crippen molar-refractivity contribution in [1.29, 1.82) is 0 Å². The highest BCUT2D eigenvalue weighted by molar-refractivity contribution is 5.81. The first-order valence-corrected chi connectivity index (χ1v) is 8.13. The lowest BCUT2D eigenvalue weighted by molar-refractivity contribution is 0.206. The molecule has 1 atom stereocenters. The minimum Gasteiger partial charge on any atom is -0.381 e. The Labute approximate surface area is 126 Å². The number of fused-ring (bicyclic) bond motifs is 1. The van der Waals surface area contributed by atoms with E-state index in [1.807, 2.05) is 6.20 Å². The van der Waals surface area contributed by atoms with Crippen LogP contribution in [0.3, 0.4) is 0 Å². The second kappa shape index (κ2) is 6.48. The van der Waals surface area contributed by atoms with Gasteiger partial charge >= 0.3 is 0 Å². The second-order valence-electron chi connectivity index (χ2n) is 6.64. The van der Waals surface area contributed by atoms with Crippen molar-refractivity contribution in [3.8, 4) is 0 Å². The average molecular weight is 286 g/mol. The average Bonchev–Trinajstić information content (AvgIpc) is 2.93. The summed E-state index contributed by atoms with van der Waals surface area (Å²) >= 11 is 0. The van der Waals surface area contributed by atoms with Crippen molar-refractivity contribution in [3.05, 3.63) is 24.4 Å². The van der Waals surface area contributed by atoms with Crippen molar-refractivity contribution in [1.82, 2.24) is 15.1 Å². The number of hydrogen-bond donors (Lipinski definition) is 2. The molecule has 21 heavy (non-hydrogen) atoms. The highest BCUT2D eigenvalue weighted by Crippen LogP contribution is 2.20. The van der Waals surface area contributed by atoms with E-state index < -0.39 is 0 Å². The van der Waals surface area contributed by atoms with Gasteiger partial charge in [-0.1, -0.05) is 13.8 Å². The molecular weight excluding hydrogens is 260 g/mol. The third-order valence-corrected chi connectivity index (χ3v) is 4.34. The van der Waals surface area contributed by atoms with Gasteiger partial charge in [-0.2, -0.15) is 5.10 Å². The number of rotatable bonds is 5. The Morgan fingerprint density at radius 1 is 1.43 bits per heavy atom. The molecule has 3 rings (SSSR count). The first-order valence-electron chi connectivity index (χ1n) is 8.13. The predicted octanol–water partition coefficient (Wildman–Crippen LogP) is 3.49. The molecular formula is C17H26N4. The van der Waals surface area contributed by atoms with Crippen LogP contribution in [0.1, 0.15) is 33.1 Å². The van der Waals surface area contributed by atoms with E-state index in [0.29, 0.717) is 6.04 Å². The fourth-order valence-electron chi connectivity index (χ4n) is 3.09. The third kappa shape index (κ3) is 3.76. The van der Waals surface area contributed by atoms with Gasteiger partial charge in [0.05, 0.1) is 11.7 Å². The van der Waals surface area contributed by atoms with Gasteiger partial charge < -0.3 is 10.2 Å². The van der Waals surface area contributed by atoms with Crippen molar-refractivity contribution < 1.29 is 0 Å². The maximum Gasteiger partial charge on any atom is 0.0651 e. The molecule has 0 saturated carbocycles. The summed E-state index contributed by atoms with van der Waals surface area (Å²) in [4.78, 5) is 2.61. The Hall–Kier alpha value is -1.55. The largest absolute Gasteiger partial charge is 0.381 e. The lowest BCUT2D eigenvalue weighted by atomic mass is 10.0. The van der Waals surface area contributed by atoms with Crippen molar-refractivity contribution in [3.63, 3.8) is 0 Å². The van der Waals surface area contributed by atoms with Crippen LogP contribution < -0.4 is 5.32 Å². The van der Waals surface area contributed by atoms with Crippen molar-refractivity contribution >= 4 is 16.6 Å². The fourth-order valence-corrected chi connectivity index (χ4v) is 3.09. The topological polar surface area (TPSA) is 44.0 Å². The molecule has 0 aliphatic carbocycles. The monoisotopic (exact) mass is 286 g/mol. The van der Waals surface area contributed by atoms with Crippen LogP contribution in [0.15, 0.2) is 24.4 Å². The smallest absolute Gasteiger partial charge is 0.0651 e. The Bertz CT molecular complexity index is 575. The first kappa shape index (κ1) is 14.4. The Morgan fingerprint density at radius 3 is 3.19 bits per heavy atom. The Morgan fingerprint density at radius 2 is 2.33 bits per heavy atom. The van der Waals surface area contributed by atoms with Crippen LogP contribution in [0.2, 0.25) is 0 Å². The molecule has 4 heteroatoms. The molecule has 114 valence electrons. The van der Waals surface area contributed by atoms with Crippen LogP contribution in [0.5, 0.6) is 0 Å². The van der Waals surface area contributed by atoms with Crippen LogP contribution >= 0.6 is 0 Å².